The van der Waals surface area contributed by atoms with Crippen LogP contribution in [0.2, 0.25) is 18.0 Å². The van der Waals surface area contributed by atoms with Gasteiger partial charge in [-0.15, -0.1) is 0 Å². The summed E-state index contributed by atoms with van der Waals surface area (Å²) in [6.45, 7) is 13.6. The SMILES string of the molecule is BC(C)(C)[Si](C)(C)C(C)(C)N. The van der Waals surface area contributed by atoms with Gasteiger partial charge in [0.25, 0.3) is 0 Å². The van der Waals surface area contributed by atoms with E-state index >= 15 is 0 Å². The molecular formula is C8H22BNSi. The minimum atomic E-state index is -1.33. The lowest BCUT2D eigenvalue weighted by atomic mass is 9.90. The molecule has 0 heterocycles. The summed E-state index contributed by atoms with van der Waals surface area (Å²) in [6, 6.07) is 0. The molecular weight excluding hydrogens is 149 g/mol. The van der Waals surface area contributed by atoms with Crippen LogP contribution in [-0.2, 0) is 0 Å². The first kappa shape index (κ1) is 11.2. The Morgan fingerprint density at radius 2 is 1.36 bits per heavy atom. The van der Waals surface area contributed by atoms with Gasteiger partial charge in [0.2, 0.25) is 0 Å². The van der Waals surface area contributed by atoms with Crippen LogP contribution in [0.25, 0.3) is 0 Å². The van der Waals surface area contributed by atoms with Gasteiger partial charge in [-0.2, -0.15) is 0 Å². The molecule has 0 rings (SSSR count). The van der Waals surface area contributed by atoms with E-state index in [-0.39, 0.29) is 5.16 Å². The van der Waals surface area contributed by atoms with Crippen molar-refractivity contribution in [1.82, 2.24) is 0 Å². The molecule has 66 valence electrons. The average Bonchev–Trinajstić information content (AvgIpc) is 1.58. The predicted molar refractivity (Wildman–Crippen MR) is 58.3 cm³/mol. The Bertz CT molecular complexity index is 125. The average molecular weight is 171 g/mol. The first-order valence-electron chi connectivity index (χ1n) is 4.29. The Morgan fingerprint density at radius 1 is 1.09 bits per heavy atom. The largest absolute Gasteiger partial charge is 0.328 e. The van der Waals surface area contributed by atoms with Crippen LogP contribution in [0.15, 0.2) is 0 Å². The lowest BCUT2D eigenvalue weighted by Gasteiger charge is -2.47. The Hall–Kier alpha value is 0.242. The van der Waals surface area contributed by atoms with E-state index in [0.717, 1.165) is 0 Å². The maximum atomic E-state index is 6.16. The van der Waals surface area contributed by atoms with Gasteiger partial charge < -0.3 is 5.73 Å². The molecule has 0 aromatic carbocycles. The van der Waals surface area contributed by atoms with Gasteiger partial charge in [0, 0.05) is 5.16 Å². The molecule has 0 radical (unpaired) electrons. The second kappa shape index (κ2) is 2.63. The minimum absolute atomic E-state index is 0.0191. The van der Waals surface area contributed by atoms with E-state index in [4.69, 9.17) is 5.73 Å². The Kier molecular flexibility index (Phi) is 2.69. The highest BCUT2D eigenvalue weighted by atomic mass is 28.3. The Labute approximate surface area is 73.2 Å². The van der Waals surface area contributed by atoms with Crippen molar-refractivity contribution in [2.24, 2.45) is 5.73 Å². The monoisotopic (exact) mass is 171 g/mol. The van der Waals surface area contributed by atoms with Gasteiger partial charge in [0.05, 0.1) is 8.07 Å². The van der Waals surface area contributed by atoms with Gasteiger partial charge in [-0.3, -0.25) is 0 Å². The molecule has 0 aliphatic heterocycles. The molecule has 0 amide bonds. The molecule has 11 heavy (non-hydrogen) atoms. The van der Waals surface area contributed by atoms with E-state index in [9.17, 15) is 0 Å². The standard InChI is InChI=1S/C8H22BNSi/c1-7(2,9)11(5,6)8(3,4)10/h9-10H2,1-6H3. The zero-order valence-electron chi connectivity index (χ0n) is 9.08. The fourth-order valence-corrected chi connectivity index (χ4v) is 2.90. The fraction of sp³-hybridized carbons (Fsp3) is 1.00. The summed E-state index contributed by atoms with van der Waals surface area (Å²) in [7, 11) is 0.971. The van der Waals surface area contributed by atoms with Gasteiger partial charge in [-0.25, -0.2) is 0 Å². The van der Waals surface area contributed by atoms with Crippen molar-refractivity contribution in [3.8, 4) is 0 Å². The van der Waals surface area contributed by atoms with Crippen molar-refractivity contribution >= 4 is 15.9 Å². The summed E-state index contributed by atoms with van der Waals surface area (Å²) in [6.07, 6.45) is 0. The van der Waals surface area contributed by atoms with Crippen molar-refractivity contribution in [2.45, 2.75) is 50.9 Å². The second-order valence-electron chi connectivity index (χ2n) is 5.60. The molecule has 1 nitrogen and oxygen atoms in total. The van der Waals surface area contributed by atoms with E-state index in [1.807, 2.05) is 0 Å². The Balaban J connectivity index is 4.75. The first-order valence-corrected chi connectivity index (χ1v) is 7.29. The lowest BCUT2D eigenvalue weighted by Crippen LogP contribution is -2.62. The zero-order chi connectivity index (χ0) is 9.50. The molecule has 0 spiro atoms. The van der Waals surface area contributed by atoms with E-state index in [1.54, 1.807) is 0 Å². The van der Waals surface area contributed by atoms with Gasteiger partial charge in [-0.05, 0) is 0 Å². The second-order valence-corrected chi connectivity index (χ2v) is 11.6. The maximum absolute atomic E-state index is 6.16. The maximum Gasteiger partial charge on any atom is 0.105 e. The van der Waals surface area contributed by atoms with Crippen LogP contribution in [0.4, 0.5) is 0 Å². The first-order chi connectivity index (χ1) is 4.50. The van der Waals surface area contributed by atoms with E-state index in [2.05, 4.69) is 48.6 Å². The number of hydrogen-bond donors (Lipinski definition) is 1. The summed E-state index contributed by atoms with van der Waals surface area (Å²) in [4.78, 5) is 0.394. The van der Waals surface area contributed by atoms with E-state index < -0.39 is 8.07 Å². The zero-order valence-corrected chi connectivity index (χ0v) is 10.1. The highest BCUT2D eigenvalue weighted by molar-refractivity contribution is 6.88. The smallest absolute Gasteiger partial charge is 0.105 e. The lowest BCUT2D eigenvalue weighted by molar-refractivity contribution is 0.662. The highest BCUT2D eigenvalue weighted by Crippen LogP contribution is 2.38. The topological polar surface area (TPSA) is 26.0 Å². The molecule has 0 saturated heterocycles. The molecule has 0 aromatic heterocycles. The molecule has 0 aliphatic carbocycles. The molecule has 0 aromatic rings. The molecule has 0 bridgehead atoms. The van der Waals surface area contributed by atoms with Crippen molar-refractivity contribution in [3.05, 3.63) is 0 Å². The van der Waals surface area contributed by atoms with Gasteiger partial charge >= 0.3 is 0 Å². The third kappa shape index (κ3) is 2.09. The molecule has 0 saturated carbocycles. The van der Waals surface area contributed by atoms with E-state index in [1.165, 1.54) is 0 Å². The normalized spacial score (nSPS) is 15.2. The van der Waals surface area contributed by atoms with Crippen LogP contribution in [0.3, 0.4) is 0 Å². The summed E-state index contributed by atoms with van der Waals surface area (Å²) in [5.74, 6) is 0. The quantitative estimate of drug-likeness (QED) is 0.623. The molecule has 0 atom stereocenters. The molecule has 0 aliphatic rings. The third-order valence-electron chi connectivity index (χ3n) is 3.49. The van der Waals surface area contributed by atoms with Crippen molar-refractivity contribution in [1.29, 1.82) is 0 Å². The van der Waals surface area contributed by atoms with E-state index in [0.29, 0.717) is 4.94 Å². The van der Waals surface area contributed by atoms with Crippen molar-refractivity contribution in [2.75, 3.05) is 0 Å². The summed E-state index contributed by atoms with van der Waals surface area (Å²) < 4.78 is 0. The predicted octanol–water partition coefficient (Wildman–Crippen LogP) is 1.34. The summed E-state index contributed by atoms with van der Waals surface area (Å²) in [5, 5.41) is 0.0191. The molecule has 0 unspecified atom stereocenters. The number of hydrogen-bond acceptors (Lipinski definition) is 1. The molecule has 2 N–H and O–H groups in total. The van der Waals surface area contributed by atoms with Crippen molar-refractivity contribution < 1.29 is 0 Å². The number of nitrogens with two attached hydrogens (primary N) is 1. The van der Waals surface area contributed by atoms with Gasteiger partial charge in [0.15, 0.2) is 0 Å². The van der Waals surface area contributed by atoms with Crippen LogP contribution >= 0.6 is 0 Å². The molecule has 0 fully saturated rings. The van der Waals surface area contributed by atoms with Crippen LogP contribution in [-0.4, -0.2) is 21.1 Å². The number of rotatable bonds is 2. The highest BCUT2D eigenvalue weighted by Gasteiger charge is 2.44. The molecule has 3 heteroatoms. The van der Waals surface area contributed by atoms with Crippen LogP contribution in [0.1, 0.15) is 27.7 Å². The van der Waals surface area contributed by atoms with Gasteiger partial charge in [-0.1, -0.05) is 45.7 Å². The van der Waals surface area contributed by atoms with Crippen LogP contribution in [0, 0.1) is 0 Å². The summed E-state index contributed by atoms with van der Waals surface area (Å²) in [5.41, 5.74) is 6.16. The third-order valence-corrected chi connectivity index (χ3v) is 10.5. The van der Waals surface area contributed by atoms with Crippen LogP contribution in [0.5, 0.6) is 0 Å². The Morgan fingerprint density at radius 3 is 1.36 bits per heavy atom. The minimum Gasteiger partial charge on any atom is -0.328 e. The fourth-order valence-electron chi connectivity index (χ4n) is 0.967. The van der Waals surface area contributed by atoms with Crippen molar-refractivity contribution in [3.63, 3.8) is 0 Å². The van der Waals surface area contributed by atoms with Gasteiger partial charge in [0.1, 0.15) is 7.85 Å². The summed E-state index contributed by atoms with van der Waals surface area (Å²) >= 11 is 0. The van der Waals surface area contributed by atoms with Crippen LogP contribution < -0.4 is 5.73 Å².